The molecule has 0 bridgehead atoms. The van der Waals surface area contributed by atoms with Crippen molar-refractivity contribution in [1.82, 2.24) is 19.6 Å². The molecule has 12 aromatic carbocycles. The zero-order valence-electron chi connectivity index (χ0n) is 67.2. The van der Waals surface area contributed by atoms with Crippen molar-refractivity contribution in [3.05, 3.63) is 188 Å². The number of nitrogens with one attached hydrogen (secondary N) is 3. The Morgan fingerprint density at radius 3 is 1.21 bits per heavy atom. The molecule has 2 amide bonds. The molecule has 0 aliphatic carbocycles. The Morgan fingerprint density at radius 2 is 0.809 bits per heavy atom. The highest BCUT2D eigenvalue weighted by Crippen LogP contribution is 2.50. The number of carbonyl (C=O) groups is 2. The summed E-state index contributed by atoms with van der Waals surface area (Å²) in [6.45, 7) is 11.1. The van der Waals surface area contributed by atoms with Crippen molar-refractivity contribution in [2.45, 2.75) is 167 Å². The zero-order valence-corrected chi connectivity index (χ0v) is 67.2. The first-order chi connectivity index (χ1) is 56.0. The van der Waals surface area contributed by atoms with Crippen LogP contribution in [0.4, 0.5) is 27.5 Å². The second-order valence-corrected chi connectivity index (χ2v) is 32.9. The van der Waals surface area contributed by atoms with E-state index in [4.69, 9.17) is 29.4 Å². The maximum Gasteiger partial charge on any atom is 0.411 e. The summed E-state index contributed by atoms with van der Waals surface area (Å²) in [5.74, 6) is 3.23. The molecule has 0 spiro atoms. The van der Waals surface area contributed by atoms with Gasteiger partial charge < -0.3 is 70.5 Å². The van der Waals surface area contributed by atoms with Crippen LogP contribution >= 0.6 is 0 Å². The fourth-order valence-electron chi connectivity index (χ4n) is 20.5. The van der Waals surface area contributed by atoms with Crippen molar-refractivity contribution in [1.29, 1.82) is 0 Å². The molecule has 20 nitrogen and oxygen atoms in total. The van der Waals surface area contributed by atoms with Gasteiger partial charge in [0, 0.05) is 110 Å². The van der Waals surface area contributed by atoms with E-state index in [2.05, 4.69) is 103 Å². The molecule has 20 heteroatoms. The predicted molar refractivity (Wildman–Crippen MR) is 459 cm³/mol. The first kappa shape index (κ1) is 77.3. The van der Waals surface area contributed by atoms with Gasteiger partial charge in [-0.05, 0) is 318 Å². The number of rotatable bonds is 13. The van der Waals surface area contributed by atoms with E-state index in [-0.39, 0.29) is 44.3 Å². The van der Waals surface area contributed by atoms with Crippen molar-refractivity contribution in [2.75, 3.05) is 90.5 Å². The fourth-order valence-corrected chi connectivity index (χ4v) is 20.5. The lowest BCUT2D eigenvalue weighted by molar-refractivity contribution is -0.131. The molecule has 0 saturated carbocycles. The number of hydrogen-bond acceptors (Lipinski definition) is 18. The van der Waals surface area contributed by atoms with Crippen LogP contribution in [-0.2, 0) is 81.4 Å². The van der Waals surface area contributed by atoms with E-state index in [0.717, 1.165) is 145 Å². The van der Waals surface area contributed by atoms with Crippen molar-refractivity contribution < 1.29 is 58.8 Å². The first-order valence-electron chi connectivity index (χ1n) is 41.0. The lowest BCUT2D eigenvalue weighted by atomic mass is 9.83. The van der Waals surface area contributed by atoms with Crippen LogP contribution in [0.2, 0.25) is 0 Å². The number of nitrogens with two attached hydrogens (primary N) is 1. The molecule has 8 aliphatic rings. The Kier molecular flexibility index (Phi) is 21.6. The molecule has 115 heavy (non-hydrogen) atoms. The third-order valence-corrected chi connectivity index (χ3v) is 26.2. The number of aliphatic hydroxyl groups is 5. The summed E-state index contributed by atoms with van der Waals surface area (Å²) in [6.07, 6.45) is 11.0. The minimum atomic E-state index is -0.721. The van der Waals surface area contributed by atoms with E-state index < -0.39 is 12.2 Å². The number of anilines is 4. The van der Waals surface area contributed by atoms with Gasteiger partial charge in [-0.15, -0.1) is 0 Å². The van der Waals surface area contributed by atoms with Gasteiger partial charge in [0.1, 0.15) is 29.1 Å². The molecule has 10 N–H and O–H groups in total. The van der Waals surface area contributed by atoms with E-state index >= 15 is 0 Å². The minimum Gasteiger partial charge on any atom is -0.496 e. The van der Waals surface area contributed by atoms with Gasteiger partial charge in [-0.2, -0.15) is 0 Å². The number of carbonyl (C=O) groups excluding carboxylic acids is 2. The molecule has 20 rings (SSSR count). The maximum absolute atomic E-state index is 12.4. The highest BCUT2D eigenvalue weighted by Gasteiger charge is 2.43. The number of benzene rings is 12. The van der Waals surface area contributed by atoms with Gasteiger partial charge in [-0.25, -0.2) is 4.79 Å². The minimum absolute atomic E-state index is 0.0163. The van der Waals surface area contributed by atoms with E-state index in [0.29, 0.717) is 66.9 Å². The van der Waals surface area contributed by atoms with E-state index in [1.807, 2.05) is 81.4 Å². The summed E-state index contributed by atoms with van der Waals surface area (Å²) in [4.78, 5) is 34.4. The highest BCUT2D eigenvalue weighted by molar-refractivity contribution is 6.16. The number of nitrogen functional groups attached to an aromatic ring is 1. The van der Waals surface area contributed by atoms with E-state index in [9.17, 15) is 35.1 Å². The Labute approximate surface area is 670 Å². The van der Waals surface area contributed by atoms with Gasteiger partial charge in [0.2, 0.25) is 5.91 Å². The monoisotopic (exact) mass is 1550 g/mol. The summed E-state index contributed by atoms with van der Waals surface area (Å²) >= 11 is 0. The van der Waals surface area contributed by atoms with Gasteiger partial charge in [-0.1, -0.05) is 38.1 Å². The number of methoxy groups -OCH3 is 4. The number of fused-ring (bicyclic) bond motifs is 28. The molecule has 0 unspecified atom stereocenters. The topological polar surface area (TPSA) is 257 Å². The van der Waals surface area contributed by atoms with Crippen LogP contribution in [0, 0.1) is 5.92 Å². The summed E-state index contributed by atoms with van der Waals surface area (Å²) < 4.78 is 27.6. The molecule has 8 heterocycles. The van der Waals surface area contributed by atoms with Gasteiger partial charge in [0.25, 0.3) is 0 Å². The molecule has 0 radical (unpaired) electrons. The number of amides is 2. The molecule has 0 aromatic heterocycles. The molecule has 5 atom stereocenters. The van der Waals surface area contributed by atoms with Crippen LogP contribution in [0.1, 0.15) is 138 Å². The average Bonchev–Trinajstić information content (AvgIpc) is 1.68. The number of nitrogens with zero attached hydrogens (tertiary/aromatic N) is 4. The van der Waals surface area contributed by atoms with Crippen molar-refractivity contribution in [2.24, 2.45) is 5.92 Å². The summed E-state index contributed by atoms with van der Waals surface area (Å²) in [5.41, 5.74) is 23.3. The standard InChI is InChI=1S/C27H32N2O4.C23H24N2O4.C23H26N2O2.C22H24N2O2/c1-16(2)15-33-27(31)28-18-6-7-20-22(10-18)21-9-17(14-30)26(32-3)12-24(21)25-13-29-8-4-5-19(29)11-23(20)25;1-24-13-3-4-14-16(8-13)15-7-12(11-26)20(29-2)9-17(15)18-10-25-19(5-6-21(25)27)23(28)22(14)18;1-24-15-5-6-17-19(9-15)18-8-14(13-26)23(27-2)11-21(18)22-12-25-7-3-4-16(25)10-20(17)22;1-26-22-10-20-17(7-13(22)12-25)18-8-14(23)4-5-16(18)19-9-15-3-2-6-24(15)11-21(19)20/h6-7,9-10,12,16,19,30H,4-5,8,11,13-15H2,1-3H3,(H,28,31);3-4,7-9,19,23-24,26,28H,5-6,10-11H2,1-2H3;5-6,8-9,11,16,24,26H,3-4,7,10,12-13H2,1-2H3;4-5,7-8,10,15,25H,2-3,6,9,11-12,23H2,1H3/t19-;19-,23+;16-;15-/m0000/s1. The van der Waals surface area contributed by atoms with Crippen LogP contribution in [0.25, 0.3) is 86.2 Å². The molecule has 4 fully saturated rings. The first-order valence-corrected chi connectivity index (χ1v) is 41.0. The summed E-state index contributed by atoms with van der Waals surface area (Å²) in [6, 6.07) is 43.4. The van der Waals surface area contributed by atoms with Gasteiger partial charge in [-0.3, -0.25) is 24.8 Å². The van der Waals surface area contributed by atoms with E-state index in [1.165, 1.54) is 128 Å². The van der Waals surface area contributed by atoms with Gasteiger partial charge >= 0.3 is 6.09 Å². The number of aliphatic hydroxyl groups excluding tert-OH is 5. The molecular formula is C95H106N8O12. The molecule has 4 saturated heterocycles. The molecule has 12 aromatic rings. The fraction of sp³-hybridized carbons (Fsp3) is 0.389. The second-order valence-electron chi connectivity index (χ2n) is 32.9. The smallest absolute Gasteiger partial charge is 0.411 e. The largest absolute Gasteiger partial charge is 0.496 e. The van der Waals surface area contributed by atoms with Gasteiger partial charge in [0.05, 0.1) is 67.5 Å². The number of hydrogen-bond donors (Lipinski definition) is 9. The van der Waals surface area contributed by atoms with Crippen molar-refractivity contribution in [3.63, 3.8) is 0 Å². The summed E-state index contributed by atoms with van der Waals surface area (Å²) in [5, 5.41) is 78.5. The Bertz CT molecular complexity index is 5870. The third-order valence-electron chi connectivity index (χ3n) is 26.2. The highest BCUT2D eigenvalue weighted by atomic mass is 16.5. The van der Waals surface area contributed by atoms with Crippen LogP contribution in [0.15, 0.2) is 121 Å². The SMILES string of the molecule is CNc1ccc2c3c(c4cc(OC)c(CO)cc4c2c1)CN1C(=O)CC[C@H]1[C@H]3O.CNc1ccc2c3c(c4cc(OC)c(CO)cc4c2c1)CN1CCC[C@H]1C3.COc1cc2c3c(c4ccc(N)cc4c2cc1CO)C[C@@H]1CCCN1C3.COc1cc2c3c(c4ccc(NC(=O)OCC(C)C)cc4c2cc1CO)C[C@@H]1CCCN1C3. The molecular weight excluding hydrogens is 1450 g/mol. The molecule has 598 valence electrons. The lowest BCUT2D eigenvalue weighted by Gasteiger charge is -2.37. The zero-order chi connectivity index (χ0) is 79.8. The quantitative estimate of drug-likeness (QED) is 0.0384. The lowest BCUT2D eigenvalue weighted by Crippen LogP contribution is -2.41. The normalized spacial score (nSPS) is 19.4. The van der Waals surface area contributed by atoms with Crippen LogP contribution in [-0.4, -0.2) is 150 Å². The Balaban J connectivity index is 0.000000111. The Hall–Kier alpha value is -10.3. The van der Waals surface area contributed by atoms with Gasteiger partial charge in [0.15, 0.2) is 0 Å². The van der Waals surface area contributed by atoms with Crippen LogP contribution in [0.5, 0.6) is 23.0 Å². The number of ether oxygens (including phenoxy) is 5. The van der Waals surface area contributed by atoms with Crippen molar-refractivity contribution >= 4 is 121 Å². The average molecular weight is 1550 g/mol. The van der Waals surface area contributed by atoms with Crippen LogP contribution in [0.3, 0.4) is 0 Å². The van der Waals surface area contributed by atoms with Crippen LogP contribution < -0.4 is 40.6 Å². The van der Waals surface area contributed by atoms with Crippen molar-refractivity contribution in [3.8, 4) is 23.0 Å². The Morgan fingerprint density at radius 1 is 0.443 bits per heavy atom. The maximum atomic E-state index is 12.4. The predicted octanol–water partition coefficient (Wildman–Crippen LogP) is 15.9. The third kappa shape index (κ3) is 13.9. The molecule has 8 aliphatic heterocycles. The second kappa shape index (κ2) is 32.1. The van der Waals surface area contributed by atoms with E-state index in [1.54, 1.807) is 28.4 Å². The summed E-state index contributed by atoms with van der Waals surface area (Å²) in [7, 11) is 10.4.